The molecule has 86 valence electrons. The third-order valence-corrected chi connectivity index (χ3v) is 2.61. The number of carbonyl (C=O) groups excluding carboxylic acids is 2. The van der Waals surface area contributed by atoms with Crippen molar-refractivity contribution in [1.29, 1.82) is 0 Å². The van der Waals surface area contributed by atoms with Crippen LogP contribution in [0.4, 0.5) is 0 Å². The van der Waals surface area contributed by atoms with Gasteiger partial charge in [-0.25, -0.2) is 5.48 Å². The van der Waals surface area contributed by atoms with E-state index in [0.29, 0.717) is 0 Å². The number of nitrogens with one attached hydrogen (secondary N) is 1. The SMILES string of the molecule is NC(=O)CONC(=O)C1CCCCCC1. The van der Waals surface area contributed by atoms with Crippen molar-refractivity contribution in [2.24, 2.45) is 11.7 Å². The lowest BCUT2D eigenvalue weighted by atomic mass is 10.0. The largest absolute Gasteiger partial charge is 0.368 e. The van der Waals surface area contributed by atoms with Crippen LogP contribution >= 0.6 is 0 Å². The van der Waals surface area contributed by atoms with E-state index in [1.165, 1.54) is 12.8 Å². The summed E-state index contributed by atoms with van der Waals surface area (Å²) in [4.78, 5) is 26.6. The van der Waals surface area contributed by atoms with Crippen molar-refractivity contribution < 1.29 is 14.4 Å². The summed E-state index contributed by atoms with van der Waals surface area (Å²) >= 11 is 0. The maximum Gasteiger partial charge on any atom is 0.246 e. The Morgan fingerprint density at radius 3 is 2.33 bits per heavy atom. The fourth-order valence-corrected chi connectivity index (χ4v) is 1.80. The van der Waals surface area contributed by atoms with Gasteiger partial charge in [-0.3, -0.25) is 14.4 Å². The van der Waals surface area contributed by atoms with Crippen molar-refractivity contribution in [2.45, 2.75) is 38.5 Å². The first-order valence-corrected chi connectivity index (χ1v) is 5.40. The van der Waals surface area contributed by atoms with Crippen LogP contribution in [0, 0.1) is 5.92 Å². The molecule has 1 saturated carbocycles. The van der Waals surface area contributed by atoms with Crippen molar-refractivity contribution >= 4 is 11.8 Å². The maximum absolute atomic E-state index is 11.5. The number of primary amides is 1. The fourth-order valence-electron chi connectivity index (χ4n) is 1.80. The van der Waals surface area contributed by atoms with Gasteiger partial charge in [0.05, 0.1) is 0 Å². The zero-order chi connectivity index (χ0) is 11.1. The number of hydrogen-bond acceptors (Lipinski definition) is 3. The summed E-state index contributed by atoms with van der Waals surface area (Å²) in [7, 11) is 0. The van der Waals surface area contributed by atoms with E-state index in [9.17, 15) is 9.59 Å². The quantitative estimate of drug-likeness (QED) is 0.528. The first-order valence-electron chi connectivity index (χ1n) is 5.40. The molecule has 0 aromatic heterocycles. The molecule has 0 aliphatic heterocycles. The zero-order valence-electron chi connectivity index (χ0n) is 8.83. The normalized spacial score (nSPS) is 18.1. The second-order valence-corrected chi connectivity index (χ2v) is 3.91. The number of nitrogens with two attached hydrogens (primary N) is 1. The van der Waals surface area contributed by atoms with E-state index in [1.54, 1.807) is 0 Å². The van der Waals surface area contributed by atoms with Gasteiger partial charge in [0.25, 0.3) is 0 Å². The summed E-state index contributed by atoms with van der Waals surface area (Å²) in [6, 6.07) is 0. The first-order chi connectivity index (χ1) is 7.20. The van der Waals surface area contributed by atoms with Gasteiger partial charge in [0.2, 0.25) is 11.8 Å². The van der Waals surface area contributed by atoms with Crippen LogP contribution in [0.25, 0.3) is 0 Å². The Hall–Kier alpha value is -1.10. The molecular weight excluding hydrogens is 196 g/mol. The molecule has 3 N–H and O–H groups in total. The van der Waals surface area contributed by atoms with Crippen molar-refractivity contribution in [3.8, 4) is 0 Å². The molecule has 5 nitrogen and oxygen atoms in total. The highest BCUT2D eigenvalue weighted by Gasteiger charge is 2.19. The van der Waals surface area contributed by atoms with E-state index < -0.39 is 5.91 Å². The number of carbonyl (C=O) groups is 2. The lowest BCUT2D eigenvalue weighted by Gasteiger charge is -2.12. The Morgan fingerprint density at radius 1 is 1.20 bits per heavy atom. The van der Waals surface area contributed by atoms with Crippen LogP contribution in [0.1, 0.15) is 38.5 Å². The zero-order valence-corrected chi connectivity index (χ0v) is 8.83. The minimum absolute atomic E-state index is 0.0281. The number of amides is 2. The summed E-state index contributed by atoms with van der Waals surface area (Å²) in [6.45, 7) is -0.265. The van der Waals surface area contributed by atoms with Crippen molar-refractivity contribution in [1.82, 2.24) is 5.48 Å². The number of rotatable bonds is 4. The average Bonchev–Trinajstić information content (AvgIpc) is 2.44. The van der Waals surface area contributed by atoms with E-state index in [2.05, 4.69) is 10.3 Å². The van der Waals surface area contributed by atoms with Gasteiger partial charge in [-0.2, -0.15) is 0 Å². The highest BCUT2D eigenvalue weighted by atomic mass is 16.7. The molecule has 0 radical (unpaired) electrons. The Labute approximate surface area is 89.3 Å². The van der Waals surface area contributed by atoms with Crippen molar-refractivity contribution in [2.75, 3.05) is 6.61 Å². The highest BCUT2D eigenvalue weighted by Crippen LogP contribution is 2.22. The lowest BCUT2D eigenvalue weighted by Crippen LogP contribution is -2.33. The summed E-state index contributed by atoms with van der Waals surface area (Å²) in [5.41, 5.74) is 7.14. The third kappa shape index (κ3) is 4.78. The first kappa shape index (κ1) is 12.0. The van der Waals surface area contributed by atoms with Crippen LogP contribution in [-0.2, 0) is 14.4 Å². The Kier molecular flexibility index (Phi) is 5.10. The predicted octanol–water partition coefficient (Wildman–Crippen LogP) is 0.490. The van der Waals surface area contributed by atoms with Gasteiger partial charge in [-0.1, -0.05) is 25.7 Å². The molecular formula is C10H18N2O3. The molecule has 0 atom stereocenters. The van der Waals surface area contributed by atoms with Crippen LogP contribution in [0.2, 0.25) is 0 Å². The van der Waals surface area contributed by atoms with Gasteiger partial charge in [0.15, 0.2) is 6.61 Å². The van der Waals surface area contributed by atoms with E-state index in [4.69, 9.17) is 5.73 Å². The molecule has 1 aliphatic carbocycles. The molecule has 2 amide bonds. The number of hydroxylamine groups is 1. The molecule has 5 heteroatoms. The molecule has 0 saturated heterocycles. The van der Waals surface area contributed by atoms with Gasteiger partial charge in [0, 0.05) is 5.92 Å². The van der Waals surface area contributed by atoms with Gasteiger partial charge < -0.3 is 5.73 Å². The minimum atomic E-state index is -0.587. The molecule has 15 heavy (non-hydrogen) atoms. The molecule has 0 unspecified atom stereocenters. The minimum Gasteiger partial charge on any atom is -0.368 e. The molecule has 1 fully saturated rings. The Bertz CT molecular complexity index is 223. The van der Waals surface area contributed by atoms with E-state index >= 15 is 0 Å². The van der Waals surface area contributed by atoms with Crippen LogP contribution in [-0.4, -0.2) is 18.4 Å². The highest BCUT2D eigenvalue weighted by molar-refractivity contribution is 5.78. The molecule has 0 aromatic rings. The molecule has 0 heterocycles. The molecule has 1 aliphatic rings. The van der Waals surface area contributed by atoms with E-state index in [1.807, 2.05) is 0 Å². The lowest BCUT2D eigenvalue weighted by molar-refractivity contribution is -0.141. The molecule has 0 bridgehead atoms. The van der Waals surface area contributed by atoms with Gasteiger partial charge in [-0.15, -0.1) is 0 Å². The van der Waals surface area contributed by atoms with Crippen molar-refractivity contribution in [3.05, 3.63) is 0 Å². The van der Waals surface area contributed by atoms with Crippen molar-refractivity contribution in [3.63, 3.8) is 0 Å². The average molecular weight is 214 g/mol. The molecule has 0 spiro atoms. The van der Waals surface area contributed by atoms with E-state index in [-0.39, 0.29) is 18.4 Å². The smallest absolute Gasteiger partial charge is 0.246 e. The second-order valence-electron chi connectivity index (χ2n) is 3.91. The maximum atomic E-state index is 11.5. The molecule has 1 rings (SSSR count). The Balaban J connectivity index is 2.22. The van der Waals surface area contributed by atoms with Gasteiger partial charge in [-0.05, 0) is 12.8 Å². The number of hydrogen-bond donors (Lipinski definition) is 2. The summed E-state index contributed by atoms with van der Waals surface area (Å²) in [6.07, 6.45) is 6.40. The predicted molar refractivity (Wildman–Crippen MR) is 54.5 cm³/mol. The van der Waals surface area contributed by atoms with Crippen LogP contribution in [0.3, 0.4) is 0 Å². The summed E-state index contributed by atoms with van der Waals surface area (Å²) < 4.78 is 0. The fraction of sp³-hybridized carbons (Fsp3) is 0.800. The van der Waals surface area contributed by atoms with Gasteiger partial charge >= 0.3 is 0 Å². The summed E-state index contributed by atoms with van der Waals surface area (Å²) in [5.74, 6) is -0.685. The van der Waals surface area contributed by atoms with Gasteiger partial charge in [0.1, 0.15) is 0 Å². The van der Waals surface area contributed by atoms with E-state index in [0.717, 1.165) is 25.7 Å². The molecule has 0 aromatic carbocycles. The van der Waals surface area contributed by atoms with Crippen LogP contribution in [0.15, 0.2) is 0 Å². The van der Waals surface area contributed by atoms with Crippen LogP contribution < -0.4 is 11.2 Å². The standard InChI is InChI=1S/C10H18N2O3/c11-9(13)7-15-12-10(14)8-5-3-1-2-4-6-8/h8H,1-7H2,(H2,11,13)(H,12,14). The second kappa shape index (κ2) is 6.40. The summed E-state index contributed by atoms with van der Waals surface area (Å²) in [5, 5.41) is 0. The monoisotopic (exact) mass is 214 g/mol. The van der Waals surface area contributed by atoms with Crippen LogP contribution in [0.5, 0.6) is 0 Å². The Morgan fingerprint density at radius 2 is 1.80 bits per heavy atom. The third-order valence-electron chi connectivity index (χ3n) is 2.61. The topological polar surface area (TPSA) is 81.4 Å².